The number of aromatic nitrogens is 1. The Bertz CT molecular complexity index is 1530. The van der Waals surface area contributed by atoms with Crippen LogP contribution in [0.1, 0.15) is 18.9 Å². The maximum absolute atomic E-state index is 15.8. The van der Waals surface area contributed by atoms with Crippen molar-refractivity contribution in [3.63, 3.8) is 0 Å². The van der Waals surface area contributed by atoms with Crippen molar-refractivity contribution in [2.45, 2.75) is 23.8 Å². The second-order valence-corrected chi connectivity index (χ2v) is 10.6. The molecule has 0 spiro atoms. The van der Waals surface area contributed by atoms with Gasteiger partial charge in [-0.15, -0.1) is 0 Å². The van der Waals surface area contributed by atoms with Crippen molar-refractivity contribution in [3.05, 3.63) is 58.4 Å². The Morgan fingerprint density at radius 2 is 1.72 bits per heavy atom. The van der Waals surface area contributed by atoms with Crippen LogP contribution >= 0.6 is 0 Å². The number of halogens is 2. The zero-order valence-corrected chi connectivity index (χ0v) is 19.7. The van der Waals surface area contributed by atoms with E-state index < -0.39 is 39.0 Å². The molecule has 2 aromatic carbocycles. The first-order chi connectivity index (χ1) is 17.1. The predicted molar refractivity (Wildman–Crippen MR) is 127 cm³/mol. The molecule has 1 aromatic heterocycles. The fraction of sp³-hybridized carbons (Fsp3) is 0.304. The lowest BCUT2D eigenvalue weighted by Crippen LogP contribution is -2.49. The molecule has 3 N–H and O–H groups in total. The van der Waals surface area contributed by atoms with Gasteiger partial charge >= 0.3 is 6.16 Å². The molecule has 2 heterocycles. The van der Waals surface area contributed by atoms with Gasteiger partial charge in [0, 0.05) is 37.9 Å². The van der Waals surface area contributed by atoms with Gasteiger partial charge in [0.25, 0.3) is 0 Å². The number of benzene rings is 2. The SMILES string of the molecule is Nc1ccc(S(=O)(=O)N2CCN(c3c(F)cc4c(=O)c(OC(=O)O)cn(C5CC5)c4c3F)CC2)cc1. The average molecular weight is 521 g/mol. The van der Waals surface area contributed by atoms with Gasteiger partial charge in [-0.25, -0.2) is 22.0 Å². The number of carboxylic acid groups (broad SMARTS) is 1. The monoisotopic (exact) mass is 520 g/mol. The summed E-state index contributed by atoms with van der Waals surface area (Å²) in [6, 6.07) is 6.46. The molecule has 1 saturated carbocycles. The number of ether oxygens (including phenoxy) is 1. The fourth-order valence-corrected chi connectivity index (χ4v) is 5.87. The van der Waals surface area contributed by atoms with Crippen LogP contribution < -0.4 is 20.8 Å². The summed E-state index contributed by atoms with van der Waals surface area (Å²) < 4.78 is 64.1. The molecule has 2 aliphatic rings. The number of hydrogen-bond acceptors (Lipinski definition) is 7. The lowest BCUT2D eigenvalue weighted by atomic mass is 10.1. The lowest BCUT2D eigenvalue weighted by Gasteiger charge is -2.35. The predicted octanol–water partition coefficient (Wildman–Crippen LogP) is 2.76. The molecule has 1 aliphatic carbocycles. The molecule has 2 fully saturated rings. The fourth-order valence-electron chi connectivity index (χ4n) is 4.44. The van der Waals surface area contributed by atoms with Crippen molar-refractivity contribution in [2.24, 2.45) is 0 Å². The van der Waals surface area contributed by atoms with Crippen LogP contribution in [0.25, 0.3) is 10.9 Å². The molecular formula is C23H22F2N4O6S. The molecule has 13 heteroatoms. The first-order valence-corrected chi connectivity index (χ1v) is 12.6. The zero-order valence-electron chi connectivity index (χ0n) is 18.9. The van der Waals surface area contributed by atoms with Gasteiger partial charge in [-0.05, 0) is 43.2 Å². The normalized spacial score (nSPS) is 16.9. The van der Waals surface area contributed by atoms with Gasteiger partial charge in [0.1, 0.15) is 11.5 Å². The van der Waals surface area contributed by atoms with Gasteiger partial charge < -0.3 is 25.0 Å². The minimum Gasteiger partial charge on any atom is -0.449 e. The number of nitrogen functional groups attached to an aromatic ring is 1. The number of pyridine rings is 1. The lowest BCUT2D eigenvalue weighted by molar-refractivity contribution is 0.143. The van der Waals surface area contributed by atoms with Crippen molar-refractivity contribution in [2.75, 3.05) is 36.8 Å². The van der Waals surface area contributed by atoms with E-state index in [1.807, 2.05) is 0 Å². The van der Waals surface area contributed by atoms with Gasteiger partial charge in [0.15, 0.2) is 11.6 Å². The molecule has 0 atom stereocenters. The molecule has 190 valence electrons. The van der Waals surface area contributed by atoms with Gasteiger partial charge in [-0.1, -0.05) is 0 Å². The highest BCUT2D eigenvalue weighted by molar-refractivity contribution is 7.89. The summed E-state index contributed by atoms with van der Waals surface area (Å²) in [6.07, 6.45) is 0.785. The van der Waals surface area contributed by atoms with Crippen LogP contribution in [0, 0.1) is 11.6 Å². The Morgan fingerprint density at radius 1 is 1.08 bits per heavy atom. The van der Waals surface area contributed by atoms with Gasteiger partial charge in [-0.2, -0.15) is 4.31 Å². The van der Waals surface area contributed by atoms with Gasteiger partial charge in [0.2, 0.25) is 15.5 Å². The number of rotatable bonds is 5. The number of anilines is 2. The summed E-state index contributed by atoms with van der Waals surface area (Å²) in [5, 5.41) is 8.59. The number of piperazine rings is 1. The van der Waals surface area contributed by atoms with Crippen LogP contribution in [-0.4, -0.2) is 54.7 Å². The highest BCUT2D eigenvalue weighted by Crippen LogP contribution is 2.40. The quantitative estimate of drug-likeness (QED) is 0.387. The van der Waals surface area contributed by atoms with E-state index in [2.05, 4.69) is 4.74 Å². The van der Waals surface area contributed by atoms with Crippen molar-refractivity contribution < 1.29 is 31.8 Å². The third kappa shape index (κ3) is 4.13. The minimum atomic E-state index is -3.81. The Balaban J connectivity index is 1.49. The first kappa shape index (κ1) is 24.0. The van der Waals surface area contributed by atoms with Crippen molar-refractivity contribution in [1.82, 2.24) is 8.87 Å². The molecule has 5 rings (SSSR count). The van der Waals surface area contributed by atoms with Crippen LogP contribution in [-0.2, 0) is 10.0 Å². The third-order valence-corrected chi connectivity index (χ3v) is 8.27. The number of hydrogen-bond donors (Lipinski definition) is 2. The van der Waals surface area contributed by atoms with E-state index in [0.29, 0.717) is 18.5 Å². The van der Waals surface area contributed by atoms with E-state index in [-0.39, 0.29) is 53.7 Å². The number of sulfonamides is 1. The second-order valence-electron chi connectivity index (χ2n) is 8.71. The third-order valence-electron chi connectivity index (χ3n) is 6.36. The molecule has 0 radical (unpaired) electrons. The van der Waals surface area contributed by atoms with E-state index in [4.69, 9.17) is 10.8 Å². The summed E-state index contributed by atoms with van der Waals surface area (Å²) in [7, 11) is -3.81. The van der Waals surface area contributed by atoms with E-state index >= 15 is 8.78 Å². The molecule has 0 amide bonds. The highest BCUT2D eigenvalue weighted by Gasteiger charge is 2.33. The molecule has 1 aliphatic heterocycles. The molecule has 3 aromatic rings. The Kier molecular flexibility index (Phi) is 5.83. The van der Waals surface area contributed by atoms with Gasteiger partial charge in [0.05, 0.1) is 22.0 Å². The second kappa shape index (κ2) is 8.75. The maximum Gasteiger partial charge on any atom is 0.511 e. The molecule has 0 unspecified atom stereocenters. The van der Waals surface area contributed by atoms with Crippen LogP contribution in [0.4, 0.5) is 25.0 Å². The van der Waals surface area contributed by atoms with Crippen LogP contribution in [0.2, 0.25) is 0 Å². The Labute approximate surface area is 204 Å². The average Bonchev–Trinajstić information content (AvgIpc) is 3.67. The zero-order chi connectivity index (χ0) is 25.8. The number of nitrogens with zero attached hydrogens (tertiary/aromatic N) is 3. The van der Waals surface area contributed by atoms with Crippen molar-refractivity contribution in [1.29, 1.82) is 0 Å². The molecule has 10 nitrogen and oxygen atoms in total. The Morgan fingerprint density at radius 3 is 2.31 bits per heavy atom. The smallest absolute Gasteiger partial charge is 0.449 e. The summed E-state index contributed by atoms with van der Waals surface area (Å²) in [4.78, 5) is 25.2. The summed E-state index contributed by atoms with van der Waals surface area (Å²) in [5.74, 6) is -2.51. The van der Waals surface area contributed by atoms with E-state index in [9.17, 15) is 18.0 Å². The number of fused-ring (bicyclic) bond motifs is 1. The number of nitrogens with two attached hydrogens (primary N) is 1. The highest BCUT2D eigenvalue weighted by atomic mass is 32.2. The van der Waals surface area contributed by atoms with Crippen molar-refractivity contribution in [3.8, 4) is 5.75 Å². The van der Waals surface area contributed by atoms with E-state index in [1.165, 1.54) is 38.0 Å². The minimum absolute atomic E-state index is 0.00948. The standard InChI is InChI=1S/C23H22F2N4O6S/c24-17-11-16-20(29(14-3-4-14)12-18(22(16)30)35-23(31)32)19(25)21(17)27-7-9-28(10-8-27)36(33,34)15-5-1-13(26)2-6-15/h1-2,5-6,11-12,14H,3-4,7-10,26H2,(H,31,32). The topological polar surface area (TPSA) is 135 Å². The molecule has 0 bridgehead atoms. The Hall–Kier alpha value is -3.71. The number of carbonyl (C=O) groups is 1. The van der Waals surface area contributed by atoms with Crippen LogP contribution in [0.15, 0.2) is 46.2 Å². The van der Waals surface area contributed by atoms with Gasteiger partial charge in [-0.3, -0.25) is 4.79 Å². The molecule has 36 heavy (non-hydrogen) atoms. The maximum atomic E-state index is 15.8. The molecule has 1 saturated heterocycles. The van der Waals surface area contributed by atoms with Crippen molar-refractivity contribution >= 4 is 38.5 Å². The largest absolute Gasteiger partial charge is 0.511 e. The van der Waals surface area contributed by atoms with Crippen LogP contribution in [0.5, 0.6) is 5.75 Å². The summed E-state index contributed by atoms with van der Waals surface area (Å²) in [6.45, 7) is 0.0116. The van der Waals surface area contributed by atoms with Crippen LogP contribution in [0.3, 0.4) is 0 Å². The summed E-state index contributed by atoms with van der Waals surface area (Å²) in [5.41, 5.74) is 4.60. The molecular weight excluding hydrogens is 498 g/mol. The van der Waals surface area contributed by atoms with E-state index in [0.717, 1.165) is 12.3 Å². The first-order valence-electron chi connectivity index (χ1n) is 11.2. The summed E-state index contributed by atoms with van der Waals surface area (Å²) >= 11 is 0. The van der Waals surface area contributed by atoms with E-state index in [1.54, 1.807) is 0 Å².